The summed E-state index contributed by atoms with van der Waals surface area (Å²) in [6.07, 6.45) is 6.82. The van der Waals surface area contributed by atoms with Gasteiger partial charge in [-0.25, -0.2) is 0 Å². The number of hydrogen-bond donors (Lipinski definition) is 0. The summed E-state index contributed by atoms with van der Waals surface area (Å²) in [5.41, 5.74) is 9.36. The van der Waals surface area contributed by atoms with Crippen molar-refractivity contribution >= 4 is 59.7 Å². The van der Waals surface area contributed by atoms with E-state index in [-0.39, 0.29) is 0 Å². The summed E-state index contributed by atoms with van der Waals surface area (Å²) in [6, 6.07) is 38.0. The Morgan fingerprint density at radius 2 is 1.16 bits per heavy atom. The van der Waals surface area contributed by atoms with Gasteiger partial charge in [0.05, 0.1) is 5.69 Å². The lowest BCUT2D eigenvalue weighted by Crippen LogP contribution is -2.11. The molecule has 0 aliphatic heterocycles. The van der Waals surface area contributed by atoms with Gasteiger partial charge in [-0.1, -0.05) is 86.8 Å². The molecule has 3 aliphatic carbocycles. The molecule has 0 spiro atoms. The summed E-state index contributed by atoms with van der Waals surface area (Å²) in [7, 11) is 0. The summed E-state index contributed by atoms with van der Waals surface area (Å²) in [4.78, 5) is 2.36. The zero-order valence-electron chi connectivity index (χ0n) is 21.2. The van der Waals surface area contributed by atoms with Crippen LogP contribution in [0.15, 0.2) is 112 Å². The average molecular weight is 623 g/mol. The molecular formula is C35H29Br2N. The first-order valence-electron chi connectivity index (χ1n) is 13.6. The van der Waals surface area contributed by atoms with Crippen LogP contribution < -0.4 is 4.90 Å². The minimum absolute atomic E-state index is 0.736. The zero-order valence-corrected chi connectivity index (χ0v) is 24.4. The van der Waals surface area contributed by atoms with Gasteiger partial charge in [0.1, 0.15) is 0 Å². The van der Waals surface area contributed by atoms with Crippen LogP contribution in [0.3, 0.4) is 0 Å². The molecule has 2 atom stereocenters. The van der Waals surface area contributed by atoms with E-state index < -0.39 is 0 Å². The first-order chi connectivity index (χ1) is 18.7. The molecule has 0 N–H and O–H groups in total. The Balaban J connectivity index is 1.40. The van der Waals surface area contributed by atoms with Crippen LogP contribution in [0.1, 0.15) is 55.1 Å². The molecule has 0 radical (unpaired) electrons. The zero-order chi connectivity index (χ0) is 25.6. The number of halogens is 2. The van der Waals surface area contributed by atoms with E-state index in [4.69, 9.17) is 0 Å². The van der Waals surface area contributed by atoms with Crippen LogP contribution in [0.5, 0.6) is 0 Å². The number of anilines is 3. The van der Waals surface area contributed by atoms with Crippen LogP contribution >= 0.6 is 31.9 Å². The second-order valence-electron chi connectivity index (χ2n) is 10.7. The van der Waals surface area contributed by atoms with Crippen molar-refractivity contribution in [3.05, 3.63) is 123 Å². The van der Waals surface area contributed by atoms with Crippen molar-refractivity contribution in [3.63, 3.8) is 0 Å². The van der Waals surface area contributed by atoms with E-state index in [0.29, 0.717) is 0 Å². The van der Waals surface area contributed by atoms with Gasteiger partial charge in [-0.05, 0) is 120 Å². The fourth-order valence-corrected chi connectivity index (χ4v) is 7.26. The third-order valence-corrected chi connectivity index (χ3v) is 9.62. The third-order valence-electron chi connectivity index (χ3n) is 8.56. The lowest BCUT2D eigenvalue weighted by Gasteiger charge is -2.29. The Bertz CT molecular complexity index is 1570. The van der Waals surface area contributed by atoms with Gasteiger partial charge in [0.2, 0.25) is 0 Å². The fourth-order valence-electron chi connectivity index (χ4n) is 6.73. The highest BCUT2D eigenvalue weighted by atomic mass is 79.9. The maximum Gasteiger partial charge on any atom is 0.0540 e. The molecule has 1 saturated carbocycles. The van der Waals surface area contributed by atoms with Crippen LogP contribution in [-0.4, -0.2) is 0 Å². The molecule has 188 valence electrons. The Kier molecular flexibility index (Phi) is 6.38. The SMILES string of the molecule is Brc1ccc(N(c2ccc(Br)cc2)c2ccc(-c3ccc4c(c3)C3CCCC4CC3)c3ccccc23)cc1. The van der Waals surface area contributed by atoms with E-state index in [2.05, 4.69) is 140 Å². The van der Waals surface area contributed by atoms with Crippen molar-refractivity contribution in [1.82, 2.24) is 0 Å². The largest absolute Gasteiger partial charge is 0.310 e. The van der Waals surface area contributed by atoms with Gasteiger partial charge in [0.15, 0.2) is 0 Å². The van der Waals surface area contributed by atoms with Crippen molar-refractivity contribution in [1.29, 1.82) is 0 Å². The van der Waals surface area contributed by atoms with Gasteiger partial charge in [0.25, 0.3) is 0 Å². The lowest BCUT2D eigenvalue weighted by molar-refractivity contribution is 0.527. The number of hydrogen-bond acceptors (Lipinski definition) is 1. The highest BCUT2D eigenvalue weighted by Crippen LogP contribution is 2.49. The first kappa shape index (κ1) is 24.2. The van der Waals surface area contributed by atoms with Crippen LogP contribution in [0.4, 0.5) is 17.1 Å². The topological polar surface area (TPSA) is 3.24 Å². The quantitative estimate of drug-likeness (QED) is 0.193. The number of benzene rings is 5. The molecule has 38 heavy (non-hydrogen) atoms. The molecule has 3 heteroatoms. The monoisotopic (exact) mass is 621 g/mol. The van der Waals surface area contributed by atoms with E-state index >= 15 is 0 Å². The second kappa shape index (κ2) is 10.0. The summed E-state index contributed by atoms with van der Waals surface area (Å²) >= 11 is 7.22. The highest BCUT2D eigenvalue weighted by molar-refractivity contribution is 9.10. The Hall–Kier alpha value is -2.88. The number of nitrogens with zero attached hydrogens (tertiary/aromatic N) is 1. The first-order valence-corrected chi connectivity index (χ1v) is 15.2. The highest BCUT2D eigenvalue weighted by Gasteiger charge is 2.30. The molecular weight excluding hydrogens is 594 g/mol. The predicted octanol–water partition coefficient (Wildman–Crippen LogP) is 11.6. The van der Waals surface area contributed by atoms with Crippen LogP contribution in [-0.2, 0) is 0 Å². The van der Waals surface area contributed by atoms with Crippen molar-refractivity contribution in [2.75, 3.05) is 4.90 Å². The third kappa shape index (κ3) is 4.30. The Labute approximate surface area is 241 Å². The summed E-state index contributed by atoms with van der Waals surface area (Å²) in [5, 5.41) is 2.55. The minimum atomic E-state index is 0.736. The summed E-state index contributed by atoms with van der Waals surface area (Å²) < 4.78 is 2.16. The Morgan fingerprint density at radius 1 is 0.553 bits per heavy atom. The number of fused-ring (bicyclic) bond motifs is 4. The van der Waals surface area contributed by atoms with E-state index in [0.717, 1.165) is 32.2 Å². The van der Waals surface area contributed by atoms with Gasteiger partial charge in [-0.15, -0.1) is 0 Å². The van der Waals surface area contributed by atoms with E-state index in [1.165, 1.54) is 59.7 Å². The molecule has 3 aliphatic rings. The van der Waals surface area contributed by atoms with Crippen molar-refractivity contribution < 1.29 is 0 Å². The Morgan fingerprint density at radius 3 is 1.82 bits per heavy atom. The normalized spacial score (nSPS) is 18.3. The van der Waals surface area contributed by atoms with Gasteiger partial charge in [0, 0.05) is 25.7 Å². The van der Waals surface area contributed by atoms with Crippen LogP contribution in [0, 0.1) is 0 Å². The lowest BCUT2D eigenvalue weighted by atomic mass is 9.77. The fraction of sp³-hybridized carbons (Fsp3) is 0.200. The molecule has 5 aromatic rings. The number of rotatable bonds is 4. The van der Waals surface area contributed by atoms with Crippen molar-refractivity contribution in [2.45, 2.75) is 43.9 Å². The molecule has 1 fully saturated rings. The standard InChI is InChI=1S/C35H29Br2N/c36-26-11-15-28(16-12-26)38(29-17-13-27(37)14-18-29)35-21-20-31(32-6-1-2-7-33(32)35)25-10-19-30-23-4-3-5-24(9-8-23)34(30)22-25/h1-2,6-7,10-24H,3-5,8-9H2. The van der Waals surface area contributed by atoms with E-state index in [9.17, 15) is 0 Å². The molecule has 0 heterocycles. The molecule has 0 aromatic heterocycles. The van der Waals surface area contributed by atoms with Crippen LogP contribution in [0.25, 0.3) is 21.9 Å². The van der Waals surface area contributed by atoms with Gasteiger partial charge in [-0.2, -0.15) is 0 Å². The molecule has 2 unspecified atom stereocenters. The van der Waals surface area contributed by atoms with Gasteiger partial charge < -0.3 is 4.90 Å². The second-order valence-corrected chi connectivity index (χ2v) is 12.5. The molecule has 2 bridgehead atoms. The maximum absolute atomic E-state index is 3.61. The van der Waals surface area contributed by atoms with Gasteiger partial charge >= 0.3 is 0 Å². The van der Waals surface area contributed by atoms with Crippen molar-refractivity contribution in [3.8, 4) is 11.1 Å². The van der Waals surface area contributed by atoms with E-state index in [1.54, 1.807) is 11.1 Å². The van der Waals surface area contributed by atoms with E-state index in [1.807, 2.05) is 0 Å². The molecule has 1 nitrogen and oxygen atoms in total. The average Bonchev–Trinajstić information content (AvgIpc) is 3.30. The smallest absolute Gasteiger partial charge is 0.0540 e. The molecule has 0 saturated heterocycles. The summed E-state index contributed by atoms with van der Waals surface area (Å²) in [5.74, 6) is 1.50. The predicted molar refractivity (Wildman–Crippen MR) is 168 cm³/mol. The molecule has 0 amide bonds. The summed E-state index contributed by atoms with van der Waals surface area (Å²) in [6.45, 7) is 0. The molecule has 5 aromatic carbocycles. The van der Waals surface area contributed by atoms with Crippen LogP contribution in [0.2, 0.25) is 0 Å². The molecule has 8 rings (SSSR count). The maximum atomic E-state index is 3.61. The van der Waals surface area contributed by atoms with Gasteiger partial charge in [-0.3, -0.25) is 0 Å². The minimum Gasteiger partial charge on any atom is -0.310 e. The van der Waals surface area contributed by atoms with Crippen molar-refractivity contribution in [2.24, 2.45) is 0 Å².